The number of carbonyl (C=O) groups is 3. The smallest absolute Gasteiger partial charge is 0.423 e. The van der Waals surface area contributed by atoms with Crippen LogP contribution in [0.3, 0.4) is 0 Å². The number of amides is 3. The van der Waals surface area contributed by atoms with Crippen LogP contribution in [0.5, 0.6) is 5.75 Å². The molecule has 8 nitrogen and oxygen atoms in total. The summed E-state index contributed by atoms with van der Waals surface area (Å²) in [5.41, 5.74) is 3.80. The van der Waals surface area contributed by atoms with Crippen LogP contribution >= 0.6 is 0 Å². The van der Waals surface area contributed by atoms with Crippen LogP contribution in [-0.4, -0.2) is 59.4 Å². The molecule has 2 fully saturated rings. The van der Waals surface area contributed by atoms with Gasteiger partial charge in [-0.25, -0.2) is 4.79 Å². The van der Waals surface area contributed by atoms with Crippen molar-refractivity contribution in [2.75, 3.05) is 20.3 Å². The molecule has 0 aromatic heterocycles. The van der Waals surface area contributed by atoms with Crippen molar-refractivity contribution in [3.8, 4) is 5.75 Å². The molecule has 0 bridgehead atoms. The SMILES string of the molecule is CCC/C(=C\c1cccc(O)c1)CC[C@H]1OC[C@H]2C1=C(CO)C[C@H]1C(=O)N(C(=O)OC)C(=O)[C@H]12. The van der Waals surface area contributed by atoms with Crippen molar-refractivity contribution in [1.29, 1.82) is 0 Å². The normalized spacial score (nSPS) is 26.7. The van der Waals surface area contributed by atoms with Crippen LogP contribution in [0, 0.1) is 17.8 Å². The van der Waals surface area contributed by atoms with Gasteiger partial charge in [-0.05, 0) is 54.5 Å². The van der Waals surface area contributed by atoms with Gasteiger partial charge in [0.15, 0.2) is 0 Å². The lowest BCUT2D eigenvalue weighted by molar-refractivity contribution is -0.137. The summed E-state index contributed by atoms with van der Waals surface area (Å²) in [7, 11) is 1.14. The fourth-order valence-corrected chi connectivity index (χ4v) is 5.65. The van der Waals surface area contributed by atoms with E-state index in [9.17, 15) is 24.6 Å². The number of aromatic hydroxyl groups is 1. The first-order valence-electron chi connectivity index (χ1n) is 11.8. The Morgan fingerprint density at radius 2 is 2.03 bits per heavy atom. The summed E-state index contributed by atoms with van der Waals surface area (Å²) in [6, 6.07) is 7.12. The van der Waals surface area contributed by atoms with Gasteiger partial charge in [-0.2, -0.15) is 4.90 Å². The van der Waals surface area contributed by atoms with E-state index in [1.165, 1.54) is 5.57 Å². The number of carbonyl (C=O) groups excluding carboxylic acids is 3. The van der Waals surface area contributed by atoms with E-state index in [1.807, 2.05) is 12.1 Å². The number of hydrogen-bond acceptors (Lipinski definition) is 7. The van der Waals surface area contributed by atoms with Gasteiger partial charge in [0.25, 0.3) is 0 Å². The number of aliphatic hydroxyl groups is 1. The van der Waals surface area contributed by atoms with E-state index < -0.39 is 29.7 Å². The maximum Gasteiger partial charge on any atom is 0.423 e. The molecule has 34 heavy (non-hydrogen) atoms. The highest BCUT2D eigenvalue weighted by Crippen LogP contribution is 2.49. The number of nitrogens with zero attached hydrogens (tertiary/aromatic N) is 1. The number of ether oxygens (including phenoxy) is 2. The predicted molar refractivity (Wildman–Crippen MR) is 123 cm³/mol. The molecule has 1 aromatic rings. The lowest BCUT2D eigenvalue weighted by atomic mass is 9.69. The highest BCUT2D eigenvalue weighted by Gasteiger charge is 2.58. The minimum atomic E-state index is -0.965. The molecule has 1 aromatic carbocycles. The van der Waals surface area contributed by atoms with Crippen molar-refractivity contribution >= 4 is 24.0 Å². The second-order valence-corrected chi connectivity index (χ2v) is 9.15. The van der Waals surface area contributed by atoms with Gasteiger partial charge in [0, 0.05) is 5.92 Å². The fourth-order valence-electron chi connectivity index (χ4n) is 5.65. The molecule has 182 valence electrons. The third-order valence-electron chi connectivity index (χ3n) is 7.10. The molecule has 2 N–H and O–H groups in total. The Kier molecular flexibility index (Phi) is 7.19. The van der Waals surface area contributed by atoms with Gasteiger partial charge < -0.3 is 19.7 Å². The predicted octanol–water partition coefficient (Wildman–Crippen LogP) is 3.43. The highest BCUT2D eigenvalue weighted by molar-refractivity contribution is 6.16. The summed E-state index contributed by atoms with van der Waals surface area (Å²) in [6.45, 7) is 2.18. The number of benzene rings is 1. The molecule has 4 atom stereocenters. The minimum absolute atomic E-state index is 0.213. The molecule has 1 aliphatic carbocycles. The fraction of sp³-hybridized carbons (Fsp3) is 0.500. The van der Waals surface area contributed by atoms with Crippen molar-refractivity contribution < 1.29 is 34.1 Å². The van der Waals surface area contributed by atoms with Gasteiger partial charge in [0.1, 0.15) is 5.75 Å². The van der Waals surface area contributed by atoms with E-state index in [-0.39, 0.29) is 37.4 Å². The number of imide groups is 3. The average Bonchev–Trinajstić information content (AvgIpc) is 3.35. The summed E-state index contributed by atoms with van der Waals surface area (Å²) in [4.78, 5) is 38.5. The Bertz CT molecular complexity index is 1040. The Balaban J connectivity index is 1.54. The van der Waals surface area contributed by atoms with Gasteiger partial charge in [-0.1, -0.05) is 37.1 Å². The summed E-state index contributed by atoms with van der Waals surface area (Å²) in [6.07, 6.45) is 4.43. The van der Waals surface area contributed by atoms with E-state index in [1.54, 1.807) is 12.1 Å². The third-order valence-corrected chi connectivity index (χ3v) is 7.10. The molecule has 2 saturated heterocycles. The van der Waals surface area contributed by atoms with Gasteiger partial charge in [-0.15, -0.1) is 0 Å². The maximum absolute atomic E-state index is 13.0. The summed E-state index contributed by atoms with van der Waals surface area (Å²) in [5.74, 6) is -2.55. The molecule has 4 rings (SSSR count). The Morgan fingerprint density at radius 1 is 1.24 bits per heavy atom. The van der Waals surface area contributed by atoms with Crippen molar-refractivity contribution in [3.63, 3.8) is 0 Å². The van der Waals surface area contributed by atoms with E-state index in [4.69, 9.17) is 4.74 Å². The number of fused-ring (bicyclic) bond motifs is 3. The summed E-state index contributed by atoms with van der Waals surface area (Å²) >= 11 is 0. The van der Waals surface area contributed by atoms with Crippen molar-refractivity contribution in [2.45, 2.75) is 45.1 Å². The maximum atomic E-state index is 13.0. The third kappa shape index (κ3) is 4.40. The van der Waals surface area contributed by atoms with Crippen LogP contribution in [0.4, 0.5) is 4.79 Å². The molecule has 2 aliphatic heterocycles. The molecule has 0 spiro atoms. The van der Waals surface area contributed by atoms with Crippen LogP contribution in [0.1, 0.15) is 44.6 Å². The summed E-state index contributed by atoms with van der Waals surface area (Å²) in [5, 5.41) is 19.8. The molecule has 8 heteroatoms. The summed E-state index contributed by atoms with van der Waals surface area (Å²) < 4.78 is 10.7. The van der Waals surface area contributed by atoms with E-state index in [0.29, 0.717) is 11.3 Å². The number of allylic oxidation sites excluding steroid dienone is 1. The topological polar surface area (TPSA) is 113 Å². The van der Waals surface area contributed by atoms with Crippen LogP contribution in [0.2, 0.25) is 0 Å². The van der Waals surface area contributed by atoms with Gasteiger partial charge >= 0.3 is 6.09 Å². The van der Waals surface area contributed by atoms with Crippen molar-refractivity contribution in [2.24, 2.45) is 17.8 Å². The van der Waals surface area contributed by atoms with Crippen LogP contribution in [0.25, 0.3) is 6.08 Å². The largest absolute Gasteiger partial charge is 0.508 e. The van der Waals surface area contributed by atoms with Gasteiger partial charge in [0.05, 0.1) is 38.3 Å². The molecule has 3 aliphatic rings. The number of aliphatic hydroxyl groups excluding tert-OH is 1. The average molecular weight is 470 g/mol. The molecule has 0 radical (unpaired) electrons. The number of phenols is 1. The van der Waals surface area contributed by atoms with E-state index in [0.717, 1.165) is 43.1 Å². The van der Waals surface area contributed by atoms with Gasteiger partial charge in [-0.3, -0.25) is 9.59 Å². The first-order chi connectivity index (χ1) is 16.4. The first kappa shape index (κ1) is 24.2. The molecule has 3 amide bonds. The van der Waals surface area contributed by atoms with Crippen molar-refractivity contribution in [3.05, 3.63) is 46.5 Å². The molecule has 2 heterocycles. The second-order valence-electron chi connectivity index (χ2n) is 9.15. The van der Waals surface area contributed by atoms with E-state index in [2.05, 4.69) is 17.7 Å². The standard InChI is InChI=1S/C26H31NO7/c1-3-5-15(10-16-6-4-7-18(29)11-16)8-9-21-22-17(13-28)12-19-23(20(22)14-34-21)25(31)27(24(19)30)26(32)33-2/h4,6-7,10-11,19-21,23,28-29H,3,5,8-9,12-14H2,1-2H3/b15-10+/t19-,20+,21-,23-/m1/s1. The zero-order valence-electron chi connectivity index (χ0n) is 19.5. The molecule has 0 saturated carbocycles. The number of phenolic OH excluding ortho intramolecular Hbond substituents is 1. The Morgan fingerprint density at radius 3 is 2.71 bits per heavy atom. The highest BCUT2D eigenvalue weighted by atomic mass is 16.5. The number of likely N-dealkylation sites (tertiary alicyclic amines) is 1. The quantitative estimate of drug-likeness (QED) is 0.465. The van der Waals surface area contributed by atoms with Gasteiger partial charge in [0.2, 0.25) is 11.8 Å². The van der Waals surface area contributed by atoms with Crippen LogP contribution < -0.4 is 0 Å². The van der Waals surface area contributed by atoms with Crippen LogP contribution in [-0.2, 0) is 19.1 Å². The monoisotopic (exact) mass is 469 g/mol. The van der Waals surface area contributed by atoms with Crippen molar-refractivity contribution in [1.82, 2.24) is 4.90 Å². The van der Waals surface area contributed by atoms with E-state index >= 15 is 0 Å². The molecular weight excluding hydrogens is 438 g/mol. The zero-order valence-corrected chi connectivity index (χ0v) is 19.5. The molecule has 0 unspecified atom stereocenters. The second kappa shape index (κ2) is 10.1. The number of hydrogen-bond donors (Lipinski definition) is 2. The Hall–Kier alpha value is -2.97. The zero-order chi connectivity index (χ0) is 24.4. The first-order valence-corrected chi connectivity index (χ1v) is 11.8. The lowest BCUT2D eigenvalue weighted by Gasteiger charge is -2.31. The minimum Gasteiger partial charge on any atom is -0.508 e. The number of rotatable bonds is 7. The molecular formula is C26H31NO7. The Labute approximate surface area is 198 Å². The number of methoxy groups -OCH3 is 1. The van der Waals surface area contributed by atoms with Crippen LogP contribution in [0.15, 0.2) is 41.0 Å². The lowest BCUT2D eigenvalue weighted by Crippen LogP contribution is -2.38.